The van der Waals surface area contributed by atoms with Crippen molar-refractivity contribution in [2.24, 2.45) is 0 Å². The molecule has 0 saturated carbocycles. The molecule has 0 radical (unpaired) electrons. The molecule has 1 saturated heterocycles. The first kappa shape index (κ1) is 26.0. The van der Waals surface area contributed by atoms with Crippen molar-refractivity contribution in [1.82, 2.24) is 24.8 Å². The van der Waals surface area contributed by atoms with E-state index in [1.165, 1.54) is 34.6 Å². The number of benzene rings is 1. The Balaban J connectivity index is 0.000000342. The summed E-state index contributed by atoms with van der Waals surface area (Å²) in [5.41, 5.74) is 2.24. The maximum Gasteiger partial charge on any atom is 0.574 e. The summed E-state index contributed by atoms with van der Waals surface area (Å²) in [6.07, 6.45) is -3.42. The molecule has 1 aliphatic heterocycles. The minimum atomic E-state index is -4.82. The van der Waals surface area contributed by atoms with Crippen LogP contribution in [0.1, 0.15) is 6.42 Å². The van der Waals surface area contributed by atoms with Crippen LogP contribution in [-0.4, -0.2) is 61.9 Å². The molecule has 4 heterocycles. The van der Waals surface area contributed by atoms with Crippen molar-refractivity contribution in [3.63, 3.8) is 0 Å². The third kappa shape index (κ3) is 7.21. The molecule has 1 unspecified atom stereocenters. The zero-order valence-corrected chi connectivity index (χ0v) is 20.2. The predicted molar refractivity (Wildman–Crippen MR) is 131 cm³/mol. The lowest BCUT2D eigenvalue weighted by Gasteiger charge is -2.09. The number of alkyl halides is 3. The normalized spacial score (nSPS) is 15.2. The zero-order chi connectivity index (χ0) is 26.4. The molecular formula is C24H21F3N6O3S. The maximum absolute atomic E-state index is 12.4. The van der Waals surface area contributed by atoms with Crippen molar-refractivity contribution in [2.45, 2.75) is 18.9 Å². The smallest absolute Gasteiger partial charge is 0.388 e. The van der Waals surface area contributed by atoms with Crippen LogP contribution in [-0.2, 0) is 4.79 Å². The number of pyridine rings is 1. The Kier molecular flexibility index (Phi) is 7.94. The lowest BCUT2D eigenvalue weighted by Crippen LogP contribution is -2.24. The van der Waals surface area contributed by atoms with E-state index in [9.17, 15) is 18.0 Å². The molecule has 1 atom stereocenters. The van der Waals surface area contributed by atoms with Crippen molar-refractivity contribution in [3.05, 3.63) is 66.2 Å². The van der Waals surface area contributed by atoms with Gasteiger partial charge in [0, 0.05) is 36.8 Å². The van der Waals surface area contributed by atoms with Crippen LogP contribution in [0.2, 0.25) is 0 Å². The molecule has 1 fully saturated rings. The Morgan fingerprint density at radius 3 is 2.49 bits per heavy atom. The average Bonchev–Trinajstić information content (AvgIpc) is 3.48. The lowest BCUT2D eigenvalue weighted by atomic mass is 10.2. The summed E-state index contributed by atoms with van der Waals surface area (Å²) in [5, 5.41) is 14.3. The molecule has 9 nitrogen and oxygen atoms in total. The molecule has 5 rings (SSSR count). The van der Waals surface area contributed by atoms with Gasteiger partial charge in [-0.15, -0.1) is 24.5 Å². The zero-order valence-electron chi connectivity index (χ0n) is 19.4. The van der Waals surface area contributed by atoms with Gasteiger partial charge in [-0.1, -0.05) is 36.4 Å². The second kappa shape index (κ2) is 11.3. The first-order valence-corrected chi connectivity index (χ1v) is 11.8. The van der Waals surface area contributed by atoms with Crippen molar-refractivity contribution >= 4 is 29.0 Å². The molecule has 0 aliphatic carbocycles. The number of carbonyl (C=O) groups is 1. The SMILES string of the molecule is CN1CCC(O)C1=O.FC(F)(F)Oc1cccc(Nc2nccc(-c3csc(-c4ccccc4)n3)n2)n1. The molecule has 1 amide bonds. The fraction of sp³-hybridized carbons (Fsp3) is 0.208. The summed E-state index contributed by atoms with van der Waals surface area (Å²) in [7, 11) is 1.69. The number of ether oxygens (including phenoxy) is 1. The standard InChI is InChI=1S/C19H12F3N5OS.C5H9NO2/c20-19(21,22)28-16-8-4-7-15(26-16)27-18-23-10-9-13(25-18)14-11-29-17(24-14)12-5-2-1-3-6-12;1-6-3-2-4(7)5(6)8/h1-11H,(H,23,25,26,27);4,7H,2-3H2,1H3. The number of aliphatic hydroxyl groups excluding tert-OH is 1. The summed E-state index contributed by atoms with van der Waals surface area (Å²) >= 11 is 1.49. The van der Waals surface area contributed by atoms with Gasteiger partial charge in [0.25, 0.3) is 5.91 Å². The average molecular weight is 531 g/mol. The van der Waals surface area contributed by atoms with E-state index in [1.807, 2.05) is 35.7 Å². The number of nitrogens with zero attached hydrogens (tertiary/aromatic N) is 5. The number of hydrogen-bond donors (Lipinski definition) is 2. The minimum Gasteiger partial charge on any atom is -0.388 e. The van der Waals surface area contributed by atoms with Gasteiger partial charge < -0.3 is 20.1 Å². The molecule has 37 heavy (non-hydrogen) atoms. The van der Waals surface area contributed by atoms with Crippen LogP contribution in [0.5, 0.6) is 5.88 Å². The van der Waals surface area contributed by atoms with Crippen molar-refractivity contribution in [3.8, 4) is 27.8 Å². The fourth-order valence-corrected chi connectivity index (χ4v) is 4.06. The first-order chi connectivity index (χ1) is 17.7. The molecule has 1 aromatic carbocycles. The monoisotopic (exact) mass is 530 g/mol. The van der Waals surface area contributed by atoms with Gasteiger partial charge in [0.1, 0.15) is 22.6 Å². The summed E-state index contributed by atoms with van der Waals surface area (Å²) in [5.74, 6) is -0.434. The topological polar surface area (TPSA) is 113 Å². The number of aliphatic hydroxyl groups is 1. The van der Waals surface area contributed by atoms with Crippen molar-refractivity contribution in [1.29, 1.82) is 0 Å². The van der Waals surface area contributed by atoms with E-state index < -0.39 is 18.3 Å². The number of halogens is 3. The van der Waals surface area contributed by atoms with Crippen LogP contribution < -0.4 is 10.1 Å². The Morgan fingerprint density at radius 1 is 1.05 bits per heavy atom. The lowest BCUT2D eigenvalue weighted by molar-refractivity contribution is -0.276. The third-order valence-corrected chi connectivity index (χ3v) is 5.92. The Bertz CT molecular complexity index is 1340. The molecule has 2 N–H and O–H groups in total. The maximum atomic E-state index is 12.4. The van der Waals surface area contributed by atoms with Gasteiger partial charge in [0.05, 0.1) is 5.69 Å². The largest absolute Gasteiger partial charge is 0.574 e. The highest BCUT2D eigenvalue weighted by molar-refractivity contribution is 7.13. The van der Waals surface area contributed by atoms with E-state index >= 15 is 0 Å². The highest BCUT2D eigenvalue weighted by Crippen LogP contribution is 2.28. The van der Waals surface area contributed by atoms with E-state index in [0.717, 1.165) is 16.6 Å². The molecule has 4 aromatic rings. The van der Waals surface area contributed by atoms with Crippen molar-refractivity contribution < 1.29 is 27.8 Å². The van der Waals surface area contributed by atoms with Gasteiger partial charge in [-0.2, -0.15) is 4.98 Å². The van der Waals surface area contributed by atoms with Crippen molar-refractivity contribution in [2.75, 3.05) is 18.9 Å². The molecule has 0 bridgehead atoms. The third-order valence-electron chi connectivity index (χ3n) is 5.03. The van der Waals surface area contributed by atoms with E-state index in [-0.39, 0.29) is 17.7 Å². The Labute approximate surface area is 213 Å². The summed E-state index contributed by atoms with van der Waals surface area (Å²) in [4.78, 5) is 28.9. The minimum absolute atomic E-state index is 0.118. The molecule has 0 spiro atoms. The first-order valence-electron chi connectivity index (χ1n) is 11.0. The summed E-state index contributed by atoms with van der Waals surface area (Å²) in [6.45, 7) is 0.694. The predicted octanol–water partition coefficient (Wildman–Crippen LogP) is 4.51. The van der Waals surface area contributed by atoms with E-state index in [0.29, 0.717) is 24.4 Å². The number of thiazole rings is 1. The number of hydrogen-bond acceptors (Lipinski definition) is 9. The van der Waals surface area contributed by atoms with Crippen LogP contribution in [0, 0.1) is 0 Å². The van der Waals surface area contributed by atoms with Gasteiger partial charge in [-0.05, 0) is 18.6 Å². The number of amides is 1. The second-order valence-electron chi connectivity index (χ2n) is 7.77. The van der Waals surface area contributed by atoms with Gasteiger partial charge in [-0.25, -0.2) is 15.0 Å². The van der Waals surface area contributed by atoms with Crippen LogP contribution in [0.4, 0.5) is 24.9 Å². The molecule has 3 aromatic heterocycles. The summed E-state index contributed by atoms with van der Waals surface area (Å²) < 4.78 is 40.9. The number of rotatable bonds is 5. The highest BCUT2D eigenvalue weighted by atomic mass is 32.1. The van der Waals surface area contributed by atoms with Gasteiger partial charge in [0.2, 0.25) is 11.8 Å². The van der Waals surface area contributed by atoms with Crippen LogP contribution in [0.3, 0.4) is 0 Å². The van der Waals surface area contributed by atoms with Crippen LogP contribution in [0.25, 0.3) is 22.0 Å². The van der Waals surface area contributed by atoms with E-state index in [2.05, 4.69) is 30.0 Å². The summed E-state index contributed by atoms with van der Waals surface area (Å²) in [6, 6.07) is 15.4. The number of likely N-dealkylation sites (N-methyl/N-ethyl adjacent to an activating group) is 1. The molecule has 1 aliphatic rings. The molecule has 13 heteroatoms. The molecular weight excluding hydrogens is 509 g/mol. The number of anilines is 2. The quantitative estimate of drug-likeness (QED) is 0.388. The Hall–Kier alpha value is -4.10. The van der Waals surface area contributed by atoms with Gasteiger partial charge >= 0.3 is 6.36 Å². The number of nitrogens with one attached hydrogen (secondary N) is 1. The van der Waals surface area contributed by atoms with Crippen LogP contribution >= 0.6 is 11.3 Å². The van der Waals surface area contributed by atoms with Gasteiger partial charge in [0.15, 0.2) is 0 Å². The Morgan fingerprint density at radius 2 is 1.84 bits per heavy atom. The van der Waals surface area contributed by atoms with E-state index in [1.54, 1.807) is 13.1 Å². The number of aromatic nitrogens is 4. The second-order valence-corrected chi connectivity index (χ2v) is 8.63. The van der Waals surface area contributed by atoms with Crippen LogP contribution in [0.15, 0.2) is 66.2 Å². The number of likely N-dealkylation sites (tertiary alicyclic amines) is 1. The molecule has 192 valence electrons. The number of carbonyl (C=O) groups excluding carboxylic acids is 1. The highest BCUT2D eigenvalue weighted by Gasteiger charge is 2.31. The van der Waals surface area contributed by atoms with E-state index in [4.69, 9.17) is 5.11 Å². The fourth-order valence-electron chi connectivity index (χ4n) is 3.24. The van der Waals surface area contributed by atoms with Gasteiger partial charge in [-0.3, -0.25) is 4.79 Å².